The Bertz CT molecular complexity index is 941. The number of carboxylic acid groups (broad SMARTS) is 1. The summed E-state index contributed by atoms with van der Waals surface area (Å²) in [6.45, 7) is 0. The van der Waals surface area contributed by atoms with Crippen LogP contribution in [0.15, 0.2) is 66.7 Å². The van der Waals surface area contributed by atoms with E-state index in [1.807, 2.05) is 30.3 Å². The minimum absolute atomic E-state index is 0.119. The van der Waals surface area contributed by atoms with Crippen LogP contribution in [0.4, 0.5) is 11.4 Å². The van der Waals surface area contributed by atoms with Crippen LogP contribution in [-0.2, 0) is 0 Å². The van der Waals surface area contributed by atoms with Crippen molar-refractivity contribution in [2.45, 2.75) is 0 Å². The average Bonchev–Trinajstić information content (AvgIpc) is 2.69. The van der Waals surface area contributed by atoms with Crippen molar-refractivity contribution in [1.82, 2.24) is 0 Å². The number of aromatic carboxylic acids is 1. The third-order valence-corrected chi connectivity index (χ3v) is 3.88. The summed E-state index contributed by atoms with van der Waals surface area (Å²) in [6, 6.07) is 19.3. The Balaban J connectivity index is 1.95. The van der Waals surface area contributed by atoms with Gasteiger partial charge < -0.3 is 24.6 Å². The van der Waals surface area contributed by atoms with Crippen LogP contribution >= 0.6 is 0 Å². The highest BCUT2D eigenvalue weighted by Gasteiger charge is 2.14. The van der Waals surface area contributed by atoms with Crippen LogP contribution in [0.2, 0.25) is 0 Å². The summed E-state index contributed by atoms with van der Waals surface area (Å²) < 4.78 is 16.4. The van der Waals surface area contributed by atoms with E-state index in [9.17, 15) is 9.90 Å². The molecule has 6 heteroatoms. The lowest BCUT2D eigenvalue weighted by Gasteiger charge is -2.15. The molecule has 3 aromatic rings. The number of nitrogens with one attached hydrogen (secondary N) is 1. The van der Waals surface area contributed by atoms with E-state index in [0.717, 1.165) is 0 Å². The van der Waals surface area contributed by atoms with Gasteiger partial charge in [-0.05, 0) is 36.4 Å². The van der Waals surface area contributed by atoms with Crippen molar-refractivity contribution in [3.63, 3.8) is 0 Å². The van der Waals surface area contributed by atoms with E-state index >= 15 is 0 Å². The molecular formula is C21H19NO5. The molecule has 0 spiro atoms. The largest absolute Gasteiger partial charge is 0.497 e. The van der Waals surface area contributed by atoms with Crippen molar-refractivity contribution in [2.24, 2.45) is 0 Å². The normalized spacial score (nSPS) is 10.1. The Morgan fingerprint density at radius 2 is 1.56 bits per heavy atom. The zero-order valence-corrected chi connectivity index (χ0v) is 14.9. The van der Waals surface area contributed by atoms with Crippen LogP contribution in [-0.4, -0.2) is 25.3 Å². The lowest BCUT2D eigenvalue weighted by Crippen LogP contribution is -2.04. The number of carboxylic acids is 1. The van der Waals surface area contributed by atoms with E-state index in [0.29, 0.717) is 34.4 Å². The summed E-state index contributed by atoms with van der Waals surface area (Å²) in [6.07, 6.45) is 0. The smallest absolute Gasteiger partial charge is 0.337 e. The number of para-hydroxylation sites is 1. The molecule has 3 aromatic carbocycles. The maximum absolute atomic E-state index is 11.6. The second kappa shape index (κ2) is 8.14. The zero-order chi connectivity index (χ0) is 19.2. The van der Waals surface area contributed by atoms with Crippen LogP contribution < -0.4 is 19.5 Å². The highest BCUT2D eigenvalue weighted by atomic mass is 16.5. The number of carbonyl (C=O) groups is 1. The van der Waals surface area contributed by atoms with Gasteiger partial charge in [-0.15, -0.1) is 0 Å². The van der Waals surface area contributed by atoms with Gasteiger partial charge in [0, 0.05) is 12.1 Å². The molecule has 0 heterocycles. The van der Waals surface area contributed by atoms with Gasteiger partial charge in [-0.3, -0.25) is 0 Å². The Hall–Kier alpha value is -3.67. The molecule has 2 N–H and O–H groups in total. The summed E-state index contributed by atoms with van der Waals surface area (Å²) >= 11 is 0. The van der Waals surface area contributed by atoms with E-state index in [4.69, 9.17) is 14.2 Å². The molecule has 0 amide bonds. The summed E-state index contributed by atoms with van der Waals surface area (Å²) in [5.41, 5.74) is 1.12. The van der Waals surface area contributed by atoms with Gasteiger partial charge in [0.25, 0.3) is 0 Å². The van der Waals surface area contributed by atoms with Gasteiger partial charge in [-0.1, -0.05) is 18.2 Å². The predicted molar refractivity (Wildman–Crippen MR) is 103 cm³/mol. The molecule has 0 bridgehead atoms. The molecule has 0 radical (unpaired) electrons. The van der Waals surface area contributed by atoms with Crippen LogP contribution in [0.5, 0.6) is 23.0 Å². The van der Waals surface area contributed by atoms with Gasteiger partial charge in [0.15, 0.2) is 0 Å². The second-order valence-corrected chi connectivity index (χ2v) is 5.62. The highest BCUT2D eigenvalue weighted by molar-refractivity contribution is 5.96. The Morgan fingerprint density at radius 1 is 0.815 bits per heavy atom. The van der Waals surface area contributed by atoms with E-state index in [1.165, 1.54) is 13.2 Å². The van der Waals surface area contributed by atoms with Gasteiger partial charge in [0.05, 0.1) is 31.2 Å². The fraction of sp³-hybridized carbons (Fsp3) is 0.0952. The van der Waals surface area contributed by atoms with Crippen LogP contribution in [0, 0.1) is 0 Å². The SMILES string of the molecule is COc1ccc(Nc2cc(Oc3ccccc3)ccc2C(=O)O)c(OC)c1. The van der Waals surface area contributed by atoms with Crippen molar-refractivity contribution >= 4 is 17.3 Å². The molecule has 27 heavy (non-hydrogen) atoms. The number of rotatable bonds is 7. The van der Waals surface area contributed by atoms with Gasteiger partial charge >= 0.3 is 5.97 Å². The van der Waals surface area contributed by atoms with Crippen molar-refractivity contribution in [3.8, 4) is 23.0 Å². The standard InChI is InChI=1S/C21H19NO5/c1-25-15-9-11-18(20(13-15)26-2)22-19-12-16(8-10-17(19)21(23)24)27-14-6-4-3-5-7-14/h3-13,22H,1-2H3,(H,23,24). The van der Waals surface area contributed by atoms with Crippen LogP contribution in [0.25, 0.3) is 0 Å². The van der Waals surface area contributed by atoms with Crippen molar-refractivity contribution in [1.29, 1.82) is 0 Å². The fourth-order valence-electron chi connectivity index (χ4n) is 2.55. The lowest BCUT2D eigenvalue weighted by atomic mass is 10.1. The average molecular weight is 365 g/mol. The minimum Gasteiger partial charge on any atom is -0.497 e. The predicted octanol–water partition coefficient (Wildman–Crippen LogP) is 4.94. The first-order chi connectivity index (χ1) is 13.1. The quantitative estimate of drug-likeness (QED) is 0.618. The number of ether oxygens (including phenoxy) is 3. The number of hydrogen-bond donors (Lipinski definition) is 2. The molecule has 3 rings (SSSR count). The maximum atomic E-state index is 11.6. The van der Waals surface area contributed by atoms with Gasteiger partial charge in [0.2, 0.25) is 0 Å². The van der Waals surface area contributed by atoms with E-state index in [1.54, 1.807) is 37.4 Å². The van der Waals surface area contributed by atoms with Crippen molar-refractivity contribution in [3.05, 3.63) is 72.3 Å². The molecule has 0 saturated heterocycles. The molecular weight excluding hydrogens is 346 g/mol. The summed E-state index contributed by atoms with van der Waals surface area (Å²) in [5.74, 6) is 1.29. The topological polar surface area (TPSA) is 77.0 Å². The molecule has 0 atom stereocenters. The van der Waals surface area contributed by atoms with E-state index in [2.05, 4.69) is 5.32 Å². The molecule has 0 fully saturated rings. The van der Waals surface area contributed by atoms with E-state index < -0.39 is 5.97 Å². The van der Waals surface area contributed by atoms with Crippen molar-refractivity contribution in [2.75, 3.05) is 19.5 Å². The summed E-state index contributed by atoms with van der Waals surface area (Å²) in [5, 5.41) is 12.6. The van der Waals surface area contributed by atoms with E-state index in [-0.39, 0.29) is 5.56 Å². The summed E-state index contributed by atoms with van der Waals surface area (Å²) in [4.78, 5) is 11.6. The molecule has 0 aromatic heterocycles. The number of benzene rings is 3. The van der Waals surface area contributed by atoms with Crippen molar-refractivity contribution < 1.29 is 24.1 Å². The fourth-order valence-corrected chi connectivity index (χ4v) is 2.55. The molecule has 138 valence electrons. The highest BCUT2D eigenvalue weighted by Crippen LogP contribution is 2.34. The van der Waals surface area contributed by atoms with Gasteiger partial charge in [0.1, 0.15) is 23.0 Å². The molecule has 0 aliphatic heterocycles. The first kappa shape index (κ1) is 18.1. The maximum Gasteiger partial charge on any atom is 0.337 e. The second-order valence-electron chi connectivity index (χ2n) is 5.62. The summed E-state index contributed by atoms with van der Waals surface area (Å²) in [7, 11) is 3.10. The first-order valence-electron chi connectivity index (χ1n) is 8.20. The molecule has 6 nitrogen and oxygen atoms in total. The molecule has 0 saturated carbocycles. The molecule has 0 aliphatic carbocycles. The van der Waals surface area contributed by atoms with Crippen LogP contribution in [0.1, 0.15) is 10.4 Å². The minimum atomic E-state index is -1.05. The Morgan fingerprint density at radius 3 is 2.22 bits per heavy atom. The van der Waals surface area contributed by atoms with Gasteiger partial charge in [-0.25, -0.2) is 4.79 Å². The zero-order valence-electron chi connectivity index (χ0n) is 14.9. The number of methoxy groups -OCH3 is 2. The number of anilines is 2. The monoisotopic (exact) mass is 365 g/mol. The van der Waals surface area contributed by atoms with Gasteiger partial charge in [-0.2, -0.15) is 0 Å². The lowest BCUT2D eigenvalue weighted by molar-refractivity contribution is 0.0698. The third-order valence-electron chi connectivity index (χ3n) is 3.88. The third kappa shape index (κ3) is 4.30. The van der Waals surface area contributed by atoms with Crippen LogP contribution in [0.3, 0.4) is 0 Å². The molecule has 0 aliphatic rings. The molecule has 0 unspecified atom stereocenters. The number of hydrogen-bond acceptors (Lipinski definition) is 5. The Labute approximate surface area is 156 Å². The first-order valence-corrected chi connectivity index (χ1v) is 8.20. The Kier molecular flexibility index (Phi) is 5.47.